The molecule has 0 aromatic carbocycles. The molecule has 0 saturated carbocycles. The summed E-state index contributed by atoms with van der Waals surface area (Å²) in [5.41, 5.74) is 0. The van der Waals surface area contributed by atoms with E-state index in [1.807, 2.05) is 6.92 Å². The molecular formula is C8H15O4Re-. The summed E-state index contributed by atoms with van der Waals surface area (Å²) in [6.07, 6.45) is -0.429. The van der Waals surface area contributed by atoms with Gasteiger partial charge in [-0.15, -0.1) is 0 Å². The Labute approximate surface area is 91.9 Å². The van der Waals surface area contributed by atoms with Crippen molar-refractivity contribution in [1.29, 1.82) is 0 Å². The molecule has 1 saturated heterocycles. The van der Waals surface area contributed by atoms with Crippen LogP contribution in [0, 0.1) is 6.42 Å². The van der Waals surface area contributed by atoms with Crippen LogP contribution in [0.5, 0.6) is 0 Å². The molecule has 4 unspecified atom stereocenters. The Hall–Kier alpha value is 0.502. The maximum atomic E-state index is 9.39. The van der Waals surface area contributed by atoms with E-state index in [1.54, 1.807) is 0 Å². The summed E-state index contributed by atoms with van der Waals surface area (Å²) < 4.78 is 10.2. The quantitative estimate of drug-likeness (QED) is 0.663. The van der Waals surface area contributed by atoms with Crippen LogP contribution in [0.4, 0.5) is 0 Å². The zero-order valence-corrected chi connectivity index (χ0v) is 10.4. The predicted molar refractivity (Wildman–Crippen MR) is 42.3 cm³/mol. The van der Waals surface area contributed by atoms with Gasteiger partial charge in [-0.3, -0.25) is 0 Å². The van der Waals surface area contributed by atoms with E-state index < -0.39 is 18.5 Å². The van der Waals surface area contributed by atoms with Gasteiger partial charge in [0.15, 0.2) is 0 Å². The average molecular weight is 361 g/mol. The Morgan fingerprint density at radius 1 is 1.46 bits per heavy atom. The van der Waals surface area contributed by atoms with E-state index in [9.17, 15) is 10.2 Å². The van der Waals surface area contributed by atoms with E-state index >= 15 is 0 Å². The van der Waals surface area contributed by atoms with E-state index in [0.717, 1.165) is 0 Å². The molecule has 0 amide bonds. The normalized spacial score (nSPS) is 39.7. The van der Waals surface area contributed by atoms with Crippen LogP contribution in [0.2, 0.25) is 0 Å². The molecule has 1 aliphatic rings. The van der Waals surface area contributed by atoms with Crippen molar-refractivity contribution >= 4 is 0 Å². The van der Waals surface area contributed by atoms with Crippen molar-refractivity contribution in [1.82, 2.24) is 0 Å². The van der Waals surface area contributed by atoms with Crippen LogP contribution in [0.3, 0.4) is 0 Å². The minimum atomic E-state index is -0.853. The molecule has 0 aromatic heterocycles. The second-order valence-electron chi connectivity index (χ2n) is 2.86. The first-order valence-electron chi connectivity index (χ1n) is 4.08. The van der Waals surface area contributed by atoms with E-state index in [0.29, 0.717) is 6.42 Å². The van der Waals surface area contributed by atoms with Gasteiger partial charge in [0.1, 0.15) is 0 Å². The third-order valence-electron chi connectivity index (χ3n) is 2.03. The maximum absolute atomic E-state index is 9.39. The molecule has 0 aliphatic carbocycles. The van der Waals surface area contributed by atoms with Gasteiger partial charge >= 0.3 is 0 Å². The zero-order valence-electron chi connectivity index (χ0n) is 7.68. The SMILES string of the molecule is CCC1OC(OC)[CH-]C(O)C1O.[Re]. The van der Waals surface area contributed by atoms with Crippen LogP contribution in [0.15, 0.2) is 0 Å². The van der Waals surface area contributed by atoms with Gasteiger partial charge < -0.3 is 19.7 Å². The smallest absolute Gasteiger partial charge is 0.0827 e. The van der Waals surface area contributed by atoms with Crippen molar-refractivity contribution in [3.8, 4) is 0 Å². The molecule has 13 heavy (non-hydrogen) atoms. The van der Waals surface area contributed by atoms with Crippen LogP contribution < -0.4 is 0 Å². The Balaban J connectivity index is 0.00000144. The fourth-order valence-corrected chi connectivity index (χ4v) is 1.26. The number of aliphatic hydroxyl groups excluding tert-OH is 2. The number of hydrogen-bond acceptors (Lipinski definition) is 4. The fourth-order valence-electron chi connectivity index (χ4n) is 1.26. The summed E-state index contributed by atoms with van der Waals surface area (Å²) in [5, 5.41) is 18.7. The fraction of sp³-hybridized carbons (Fsp3) is 0.875. The summed E-state index contributed by atoms with van der Waals surface area (Å²) >= 11 is 0. The molecular weight excluding hydrogens is 346 g/mol. The molecule has 0 spiro atoms. The van der Waals surface area contributed by atoms with Crippen molar-refractivity contribution in [3.05, 3.63) is 6.42 Å². The molecule has 4 atom stereocenters. The van der Waals surface area contributed by atoms with Crippen LogP contribution >= 0.6 is 0 Å². The third-order valence-corrected chi connectivity index (χ3v) is 2.03. The topological polar surface area (TPSA) is 58.9 Å². The summed E-state index contributed by atoms with van der Waals surface area (Å²) in [7, 11) is 1.50. The van der Waals surface area contributed by atoms with Crippen molar-refractivity contribution in [2.75, 3.05) is 7.11 Å². The summed E-state index contributed by atoms with van der Waals surface area (Å²) in [5.74, 6) is 0. The summed E-state index contributed by atoms with van der Waals surface area (Å²) in [6, 6.07) is 0. The first-order chi connectivity index (χ1) is 5.69. The second kappa shape index (κ2) is 6.07. The van der Waals surface area contributed by atoms with E-state index in [4.69, 9.17) is 9.47 Å². The maximum Gasteiger partial charge on any atom is 0.0827 e. The van der Waals surface area contributed by atoms with Crippen LogP contribution in [-0.4, -0.2) is 41.9 Å². The van der Waals surface area contributed by atoms with E-state index in [-0.39, 0.29) is 26.5 Å². The third kappa shape index (κ3) is 3.28. The molecule has 1 rings (SSSR count). The molecule has 2 N–H and O–H groups in total. The van der Waals surface area contributed by atoms with E-state index in [1.165, 1.54) is 13.5 Å². The predicted octanol–water partition coefficient (Wildman–Crippen LogP) is -0.309. The second-order valence-corrected chi connectivity index (χ2v) is 2.86. The molecule has 1 heterocycles. The number of methoxy groups -OCH3 is 1. The minimum Gasteiger partial charge on any atom is -0.422 e. The Kier molecular flexibility index (Phi) is 6.31. The minimum absolute atomic E-state index is 0. The molecule has 4 nitrogen and oxygen atoms in total. The zero-order chi connectivity index (χ0) is 9.14. The average Bonchev–Trinajstić information content (AvgIpc) is 2.09. The first-order valence-corrected chi connectivity index (χ1v) is 4.08. The Morgan fingerprint density at radius 3 is 2.54 bits per heavy atom. The van der Waals surface area contributed by atoms with Gasteiger partial charge in [0.25, 0.3) is 0 Å². The molecule has 0 aromatic rings. The van der Waals surface area contributed by atoms with Crippen LogP contribution in [-0.2, 0) is 29.9 Å². The summed E-state index contributed by atoms with van der Waals surface area (Å²) in [4.78, 5) is 0. The van der Waals surface area contributed by atoms with Crippen molar-refractivity contribution < 1.29 is 40.1 Å². The monoisotopic (exact) mass is 362 g/mol. The van der Waals surface area contributed by atoms with Gasteiger partial charge in [0, 0.05) is 33.8 Å². The van der Waals surface area contributed by atoms with Crippen LogP contribution in [0.25, 0.3) is 0 Å². The van der Waals surface area contributed by atoms with Gasteiger partial charge in [-0.05, 0) is 12.5 Å². The number of hydrogen-bond donors (Lipinski definition) is 2. The van der Waals surface area contributed by atoms with Gasteiger partial charge in [-0.2, -0.15) is 0 Å². The first kappa shape index (κ1) is 13.5. The molecule has 1 aliphatic heterocycles. The van der Waals surface area contributed by atoms with Gasteiger partial charge in [0.2, 0.25) is 0 Å². The van der Waals surface area contributed by atoms with Crippen molar-refractivity contribution in [2.24, 2.45) is 0 Å². The molecule has 1 fully saturated rings. The summed E-state index contributed by atoms with van der Waals surface area (Å²) in [6.45, 7) is 1.89. The largest absolute Gasteiger partial charge is 0.422 e. The number of rotatable bonds is 2. The van der Waals surface area contributed by atoms with Crippen molar-refractivity contribution in [3.63, 3.8) is 0 Å². The standard InChI is InChI=1S/C8H15O4.Re/c1-3-6-8(10)5(9)4-7(11-2)12-6;/h4-10H,3H2,1-2H3;/q-1;. The van der Waals surface area contributed by atoms with Gasteiger partial charge in [0.05, 0.1) is 12.2 Å². The molecule has 5 heteroatoms. The van der Waals surface area contributed by atoms with E-state index in [2.05, 4.69) is 0 Å². The molecule has 1 radical (unpaired) electrons. The molecule has 0 bridgehead atoms. The van der Waals surface area contributed by atoms with Gasteiger partial charge in [-0.25, -0.2) is 6.42 Å². The number of ether oxygens (including phenoxy) is 2. The van der Waals surface area contributed by atoms with Crippen molar-refractivity contribution in [2.45, 2.75) is 37.9 Å². The Bertz CT molecular complexity index is 144. The van der Waals surface area contributed by atoms with Gasteiger partial charge in [-0.1, -0.05) is 6.92 Å². The van der Waals surface area contributed by atoms with Crippen LogP contribution in [0.1, 0.15) is 13.3 Å². The number of aliphatic hydroxyl groups is 2. The Morgan fingerprint density at radius 2 is 2.08 bits per heavy atom. The molecule has 79 valence electrons.